The third-order valence-electron chi connectivity index (χ3n) is 1.34. The summed E-state index contributed by atoms with van der Waals surface area (Å²) in [5.74, 6) is 0. The number of hydrogen-bond acceptors (Lipinski definition) is 3. The van der Waals surface area contributed by atoms with Crippen LogP contribution in [0.2, 0.25) is 5.28 Å². The normalized spacial score (nSPS) is 9.31. The molecular formula is C8H4ClN2SW-. The molecular weight excluding hydrogens is 375 g/mol. The minimum absolute atomic E-state index is 0. The molecule has 0 aliphatic carbocycles. The zero-order chi connectivity index (χ0) is 8.39. The first-order valence-corrected chi connectivity index (χ1v) is 4.48. The van der Waals surface area contributed by atoms with Crippen LogP contribution in [0.25, 0.3) is 10.6 Å². The van der Waals surface area contributed by atoms with Gasteiger partial charge >= 0.3 is 0 Å². The van der Waals surface area contributed by atoms with Crippen LogP contribution in [0.4, 0.5) is 0 Å². The topological polar surface area (TPSA) is 25.8 Å². The fourth-order valence-electron chi connectivity index (χ4n) is 0.841. The second-order valence-corrected chi connectivity index (χ2v) is 3.23. The van der Waals surface area contributed by atoms with Gasteiger partial charge in [-0.05, 0) is 11.6 Å². The summed E-state index contributed by atoms with van der Waals surface area (Å²) >= 11 is 6.86. The summed E-state index contributed by atoms with van der Waals surface area (Å²) in [6.45, 7) is 0. The Hall–Kier alpha value is -0.242. The van der Waals surface area contributed by atoms with E-state index in [0.717, 1.165) is 10.6 Å². The van der Waals surface area contributed by atoms with Crippen LogP contribution in [0.15, 0.2) is 24.3 Å². The Morgan fingerprint density at radius 2 is 2.23 bits per heavy atom. The number of rotatable bonds is 1. The number of halogens is 1. The third kappa shape index (κ3) is 2.60. The van der Waals surface area contributed by atoms with Crippen molar-refractivity contribution in [1.29, 1.82) is 0 Å². The summed E-state index contributed by atoms with van der Waals surface area (Å²) < 4.78 is 3.87. The molecule has 0 atom stereocenters. The van der Waals surface area contributed by atoms with Crippen LogP contribution in [0, 0.1) is 6.07 Å². The minimum atomic E-state index is 0. The first-order valence-electron chi connectivity index (χ1n) is 3.32. The second-order valence-electron chi connectivity index (χ2n) is 2.14. The zero-order valence-electron chi connectivity index (χ0n) is 6.40. The summed E-state index contributed by atoms with van der Waals surface area (Å²) in [5, 5.41) is 1.10. The molecule has 0 radical (unpaired) electrons. The fraction of sp³-hybridized carbons (Fsp3) is 0. The van der Waals surface area contributed by atoms with Gasteiger partial charge in [0.05, 0.1) is 5.01 Å². The number of aromatic nitrogens is 2. The molecule has 0 saturated heterocycles. The summed E-state index contributed by atoms with van der Waals surface area (Å²) in [7, 11) is 0. The number of hydrogen-bond donors (Lipinski definition) is 0. The number of benzene rings is 1. The van der Waals surface area contributed by atoms with Crippen molar-refractivity contribution >= 4 is 23.1 Å². The molecule has 1 aromatic carbocycles. The Labute approximate surface area is 99.4 Å². The van der Waals surface area contributed by atoms with Crippen molar-refractivity contribution in [1.82, 2.24) is 9.36 Å². The first-order chi connectivity index (χ1) is 5.86. The third-order valence-corrected chi connectivity index (χ3v) is 2.36. The molecule has 0 saturated carbocycles. The molecule has 66 valence electrons. The molecule has 0 unspecified atom stereocenters. The van der Waals surface area contributed by atoms with Gasteiger partial charge < -0.3 is 0 Å². The van der Waals surface area contributed by atoms with Crippen molar-refractivity contribution in [2.24, 2.45) is 0 Å². The van der Waals surface area contributed by atoms with Crippen LogP contribution >= 0.6 is 23.1 Å². The van der Waals surface area contributed by atoms with Crippen molar-refractivity contribution in [2.75, 3.05) is 0 Å². The molecule has 0 spiro atoms. The average Bonchev–Trinajstić information content (AvgIpc) is 2.54. The van der Waals surface area contributed by atoms with E-state index in [2.05, 4.69) is 15.4 Å². The van der Waals surface area contributed by atoms with Gasteiger partial charge in [-0.25, -0.2) is 0 Å². The smallest absolute Gasteiger partial charge is 0.224 e. The Balaban J connectivity index is 0.000000845. The first kappa shape index (κ1) is 10.8. The van der Waals surface area contributed by atoms with Crippen molar-refractivity contribution in [3.8, 4) is 10.6 Å². The Morgan fingerprint density at radius 1 is 1.38 bits per heavy atom. The molecule has 0 N–H and O–H groups in total. The van der Waals surface area contributed by atoms with Gasteiger partial charge in [0.25, 0.3) is 0 Å². The molecule has 13 heavy (non-hydrogen) atoms. The molecule has 5 heteroatoms. The SMILES string of the molecule is Clc1nsc(-c2[c-]cccc2)n1.[W]. The van der Waals surface area contributed by atoms with E-state index in [1.165, 1.54) is 11.5 Å². The van der Waals surface area contributed by atoms with E-state index in [1.807, 2.05) is 24.3 Å². The molecule has 2 rings (SSSR count). The maximum Gasteiger partial charge on any atom is 0.224 e. The van der Waals surface area contributed by atoms with E-state index >= 15 is 0 Å². The van der Waals surface area contributed by atoms with E-state index in [0.29, 0.717) is 5.28 Å². The van der Waals surface area contributed by atoms with Crippen LogP contribution < -0.4 is 0 Å². The predicted octanol–water partition coefficient (Wildman–Crippen LogP) is 2.66. The molecule has 2 aromatic rings. The van der Waals surface area contributed by atoms with Gasteiger partial charge in [0.15, 0.2) is 0 Å². The Bertz CT molecular complexity index is 377. The van der Waals surface area contributed by atoms with Gasteiger partial charge in [0, 0.05) is 21.1 Å². The van der Waals surface area contributed by atoms with Crippen molar-refractivity contribution < 1.29 is 21.1 Å². The van der Waals surface area contributed by atoms with Crippen LogP contribution in [0.1, 0.15) is 0 Å². The van der Waals surface area contributed by atoms with E-state index in [1.54, 1.807) is 0 Å². The summed E-state index contributed by atoms with van der Waals surface area (Å²) in [6, 6.07) is 10.7. The van der Waals surface area contributed by atoms with E-state index < -0.39 is 0 Å². The monoisotopic (exact) mass is 379 g/mol. The van der Waals surface area contributed by atoms with Crippen LogP contribution in [0.5, 0.6) is 0 Å². The molecule has 0 aliphatic heterocycles. The maximum absolute atomic E-state index is 5.58. The molecule has 1 heterocycles. The van der Waals surface area contributed by atoms with Gasteiger partial charge in [-0.2, -0.15) is 4.37 Å². The van der Waals surface area contributed by atoms with E-state index in [-0.39, 0.29) is 21.1 Å². The van der Waals surface area contributed by atoms with Gasteiger partial charge in [-0.3, -0.25) is 4.98 Å². The largest absolute Gasteiger partial charge is 0.256 e. The Kier molecular flexibility index (Phi) is 4.04. The van der Waals surface area contributed by atoms with Crippen LogP contribution in [-0.4, -0.2) is 9.36 Å². The molecule has 2 nitrogen and oxygen atoms in total. The Morgan fingerprint density at radius 3 is 2.77 bits per heavy atom. The van der Waals surface area contributed by atoms with Gasteiger partial charge in [0.1, 0.15) is 0 Å². The van der Waals surface area contributed by atoms with Gasteiger partial charge in [-0.1, -0.05) is 11.5 Å². The average molecular weight is 379 g/mol. The fourth-order valence-corrected chi connectivity index (χ4v) is 1.63. The summed E-state index contributed by atoms with van der Waals surface area (Å²) in [6.07, 6.45) is 0. The molecule has 1 aromatic heterocycles. The van der Waals surface area contributed by atoms with Crippen LogP contribution in [-0.2, 0) is 21.1 Å². The number of nitrogens with zero attached hydrogens (tertiary/aromatic N) is 2. The molecule has 0 amide bonds. The molecule has 0 fully saturated rings. The minimum Gasteiger partial charge on any atom is -0.256 e. The second kappa shape index (κ2) is 4.85. The maximum atomic E-state index is 5.58. The standard InChI is InChI=1S/C8H4ClN2S.W/c9-8-10-7(12-11-8)6-4-2-1-3-5-6;/h1-4H;/q-1;. The quantitative estimate of drug-likeness (QED) is 0.712. The summed E-state index contributed by atoms with van der Waals surface area (Å²) in [5.41, 5.74) is 0.932. The van der Waals surface area contributed by atoms with Crippen molar-refractivity contribution in [3.63, 3.8) is 0 Å². The van der Waals surface area contributed by atoms with Gasteiger partial charge in [-0.15, -0.1) is 35.9 Å². The molecule has 0 bridgehead atoms. The van der Waals surface area contributed by atoms with Gasteiger partial charge in [0.2, 0.25) is 5.28 Å². The van der Waals surface area contributed by atoms with Crippen molar-refractivity contribution in [3.05, 3.63) is 35.6 Å². The zero-order valence-corrected chi connectivity index (χ0v) is 10.9. The summed E-state index contributed by atoms with van der Waals surface area (Å²) in [4.78, 5) is 4.02. The van der Waals surface area contributed by atoms with E-state index in [4.69, 9.17) is 11.6 Å². The predicted molar refractivity (Wildman–Crippen MR) is 49.2 cm³/mol. The van der Waals surface area contributed by atoms with Crippen LogP contribution in [0.3, 0.4) is 0 Å². The van der Waals surface area contributed by atoms with E-state index in [9.17, 15) is 0 Å². The molecule has 0 aliphatic rings. The van der Waals surface area contributed by atoms with Crippen molar-refractivity contribution in [2.45, 2.75) is 0 Å².